The monoisotopic (exact) mass is 292 g/mol. The zero-order valence-electron chi connectivity index (χ0n) is 12.7. The van der Waals surface area contributed by atoms with Crippen molar-refractivity contribution < 1.29 is 15.0 Å². The lowest BCUT2D eigenvalue weighted by Crippen LogP contribution is -2.36. The Bertz CT molecular complexity index is 500. The molecule has 5 heteroatoms. The fourth-order valence-corrected chi connectivity index (χ4v) is 2.55. The number of benzene rings is 1. The first-order valence-corrected chi connectivity index (χ1v) is 7.44. The lowest BCUT2D eigenvalue weighted by Gasteiger charge is -2.23. The Balaban J connectivity index is 1.99. The number of carbonyl (C=O) groups is 1. The highest BCUT2D eigenvalue weighted by Gasteiger charge is 2.27. The van der Waals surface area contributed by atoms with Gasteiger partial charge in [0.25, 0.3) is 0 Å². The van der Waals surface area contributed by atoms with E-state index in [1.54, 1.807) is 24.0 Å². The third-order valence-corrected chi connectivity index (χ3v) is 3.97. The van der Waals surface area contributed by atoms with Crippen LogP contribution in [0.25, 0.3) is 0 Å². The predicted molar refractivity (Wildman–Crippen MR) is 82.1 cm³/mol. The van der Waals surface area contributed by atoms with Crippen LogP contribution in [0.3, 0.4) is 0 Å². The van der Waals surface area contributed by atoms with E-state index in [0.29, 0.717) is 31.6 Å². The van der Waals surface area contributed by atoms with Crippen molar-refractivity contribution in [2.45, 2.75) is 44.8 Å². The third-order valence-electron chi connectivity index (χ3n) is 3.97. The number of carbonyl (C=O) groups excluding carboxylic acids is 1. The van der Waals surface area contributed by atoms with Crippen molar-refractivity contribution >= 4 is 11.7 Å². The summed E-state index contributed by atoms with van der Waals surface area (Å²) in [4.78, 5) is 14.0. The smallest absolute Gasteiger partial charge is 0.321 e. The summed E-state index contributed by atoms with van der Waals surface area (Å²) in [5.41, 5.74) is 0.766. The van der Waals surface area contributed by atoms with E-state index in [-0.39, 0.29) is 6.03 Å². The molecule has 1 aromatic rings. The van der Waals surface area contributed by atoms with E-state index < -0.39 is 11.7 Å². The van der Waals surface area contributed by atoms with Crippen molar-refractivity contribution in [1.29, 1.82) is 0 Å². The summed E-state index contributed by atoms with van der Waals surface area (Å²) in [6, 6.07) is 7.05. The number of hydrogen-bond acceptors (Lipinski definition) is 3. The van der Waals surface area contributed by atoms with E-state index in [0.717, 1.165) is 12.0 Å². The van der Waals surface area contributed by atoms with Crippen molar-refractivity contribution in [2.75, 3.05) is 18.4 Å². The molecule has 1 aliphatic rings. The van der Waals surface area contributed by atoms with Gasteiger partial charge < -0.3 is 20.4 Å². The average molecular weight is 292 g/mol. The quantitative estimate of drug-likeness (QED) is 0.784. The largest absolute Gasteiger partial charge is 0.390 e. The summed E-state index contributed by atoms with van der Waals surface area (Å²) in [7, 11) is 0. The molecule has 2 atom stereocenters. The average Bonchev–Trinajstić information content (AvgIpc) is 2.60. The first-order valence-electron chi connectivity index (χ1n) is 7.44. The van der Waals surface area contributed by atoms with Crippen LogP contribution in [0.1, 0.15) is 44.8 Å². The minimum absolute atomic E-state index is 0.157. The maximum absolute atomic E-state index is 12.3. The molecular formula is C16H24N2O3. The molecule has 1 aliphatic heterocycles. The van der Waals surface area contributed by atoms with E-state index >= 15 is 0 Å². The molecule has 0 aromatic heterocycles. The Morgan fingerprint density at radius 1 is 1.38 bits per heavy atom. The highest BCUT2D eigenvalue weighted by Crippen LogP contribution is 2.22. The molecule has 2 amide bonds. The van der Waals surface area contributed by atoms with Crippen LogP contribution in [0, 0.1) is 0 Å². The molecule has 0 radical (unpaired) electrons. The van der Waals surface area contributed by atoms with Crippen LogP contribution in [0.5, 0.6) is 0 Å². The molecule has 1 aromatic carbocycles. The van der Waals surface area contributed by atoms with Crippen LogP contribution in [0.2, 0.25) is 0 Å². The Hall–Kier alpha value is -1.59. The van der Waals surface area contributed by atoms with Crippen molar-refractivity contribution in [2.24, 2.45) is 0 Å². The van der Waals surface area contributed by atoms with Crippen molar-refractivity contribution in [3.63, 3.8) is 0 Å². The number of aliphatic hydroxyl groups excluding tert-OH is 1. The van der Waals surface area contributed by atoms with Gasteiger partial charge in [0, 0.05) is 18.8 Å². The van der Waals surface area contributed by atoms with Gasteiger partial charge >= 0.3 is 6.03 Å². The summed E-state index contributed by atoms with van der Waals surface area (Å²) < 4.78 is 0. The summed E-state index contributed by atoms with van der Waals surface area (Å²) in [6.07, 6.45) is 1.55. The summed E-state index contributed by atoms with van der Waals surface area (Å²) in [6.45, 7) is 4.71. The molecule has 0 bridgehead atoms. The Kier molecular flexibility index (Phi) is 4.85. The number of amides is 2. The summed E-state index contributed by atoms with van der Waals surface area (Å²) in [5.74, 6) is 0. The number of hydrogen-bond donors (Lipinski definition) is 3. The molecule has 2 unspecified atom stereocenters. The highest BCUT2D eigenvalue weighted by atomic mass is 16.3. The highest BCUT2D eigenvalue weighted by molar-refractivity contribution is 5.89. The minimum atomic E-state index is -0.679. The van der Waals surface area contributed by atoms with Gasteiger partial charge in [-0.25, -0.2) is 4.79 Å². The zero-order chi connectivity index (χ0) is 15.5. The SMILES string of the molecule is CC(O)c1cccc(NC(=O)N2CCCC(C)(O)CC2)c1. The van der Waals surface area contributed by atoms with Crippen LogP contribution in [-0.4, -0.2) is 39.8 Å². The number of aliphatic hydroxyl groups is 2. The van der Waals surface area contributed by atoms with E-state index in [9.17, 15) is 15.0 Å². The van der Waals surface area contributed by atoms with E-state index in [1.807, 2.05) is 19.1 Å². The van der Waals surface area contributed by atoms with Crippen LogP contribution >= 0.6 is 0 Å². The second kappa shape index (κ2) is 6.45. The van der Waals surface area contributed by atoms with E-state index in [4.69, 9.17) is 0 Å². The molecule has 1 fully saturated rings. The molecule has 3 N–H and O–H groups in total. The third kappa shape index (κ3) is 4.44. The zero-order valence-corrected chi connectivity index (χ0v) is 12.7. The number of anilines is 1. The minimum Gasteiger partial charge on any atom is -0.390 e. The van der Waals surface area contributed by atoms with Gasteiger partial charge in [0.1, 0.15) is 0 Å². The Labute approximate surface area is 125 Å². The van der Waals surface area contributed by atoms with Gasteiger partial charge in [-0.1, -0.05) is 12.1 Å². The molecular weight excluding hydrogens is 268 g/mol. The molecule has 0 aliphatic carbocycles. The van der Waals surface area contributed by atoms with Crippen LogP contribution in [0.4, 0.5) is 10.5 Å². The molecule has 0 spiro atoms. The van der Waals surface area contributed by atoms with E-state index in [1.165, 1.54) is 0 Å². The molecule has 2 rings (SSSR count). The van der Waals surface area contributed by atoms with Gasteiger partial charge in [0.15, 0.2) is 0 Å². The van der Waals surface area contributed by atoms with E-state index in [2.05, 4.69) is 5.32 Å². The number of nitrogens with zero attached hydrogens (tertiary/aromatic N) is 1. The van der Waals surface area contributed by atoms with Gasteiger partial charge in [-0.3, -0.25) is 0 Å². The van der Waals surface area contributed by atoms with Crippen LogP contribution < -0.4 is 5.32 Å². The van der Waals surface area contributed by atoms with Gasteiger partial charge in [0.05, 0.1) is 11.7 Å². The second-order valence-corrected chi connectivity index (χ2v) is 6.07. The maximum atomic E-state index is 12.3. The molecule has 116 valence electrons. The molecule has 5 nitrogen and oxygen atoms in total. The second-order valence-electron chi connectivity index (χ2n) is 6.07. The van der Waals surface area contributed by atoms with Crippen LogP contribution in [-0.2, 0) is 0 Å². The Morgan fingerprint density at radius 3 is 2.86 bits per heavy atom. The lowest BCUT2D eigenvalue weighted by molar-refractivity contribution is 0.0458. The van der Waals surface area contributed by atoms with Crippen molar-refractivity contribution in [1.82, 2.24) is 4.90 Å². The van der Waals surface area contributed by atoms with Gasteiger partial charge in [-0.05, 0) is 50.8 Å². The standard InChI is InChI=1S/C16H24N2O3/c1-12(19)13-5-3-6-14(11-13)17-15(20)18-9-4-7-16(2,21)8-10-18/h3,5-6,11-12,19,21H,4,7-10H2,1-2H3,(H,17,20). The first-order chi connectivity index (χ1) is 9.87. The summed E-state index contributed by atoms with van der Waals surface area (Å²) >= 11 is 0. The molecule has 21 heavy (non-hydrogen) atoms. The maximum Gasteiger partial charge on any atom is 0.321 e. The van der Waals surface area contributed by atoms with Gasteiger partial charge in [0.2, 0.25) is 0 Å². The topological polar surface area (TPSA) is 72.8 Å². The Morgan fingerprint density at radius 2 is 2.14 bits per heavy atom. The molecule has 1 saturated heterocycles. The molecule has 1 heterocycles. The number of rotatable bonds is 2. The fraction of sp³-hybridized carbons (Fsp3) is 0.562. The number of urea groups is 1. The van der Waals surface area contributed by atoms with Crippen molar-refractivity contribution in [3.8, 4) is 0 Å². The lowest BCUT2D eigenvalue weighted by atomic mass is 9.98. The van der Waals surface area contributed by atoms with Crippen molar-refractivity contribution in [3.05, 3.63) is 29.8 Å². The van der Waals surface area contributed by atoms with Crippen LogP contribution in [0.15, 0.2) is 24.3 Å². The predicted octanol–water partition coefficient (Wildman–Crippen LogP) is 2.51. The number of likely N-dealkylation sites (tertiary alicyclic amines) is 1. The first kappa shape index (κ1) is 15.8. The number of nitrogens with one attached hydrogen (secondary N) is 1. The normalized spacial score (nSPS) is 24.3. The molecule has 0 saturated carbocycles. The van der Waals surface area contributed by atoms with Gasteiger partial charge in [-0.2, -0.15) is 0 Å². The fourth-order valence-electron chi connectivity index (χ4n) is 2.55. The van der Waals surface area contributed by atoms with Gasteiger partial charge in [-0.15, -0.1) is 0 Å². The summed E-state index contributed by atoms with van der Waals surface area (Å²) in [5, 5.41) is 22.5.